The van der Waals surface area contributed by atoms with Gasteiger partial charge in [0.15, 0.2) is 0 Å². The number of halogens is 1. The van der Waals surface area contributed by atoms with E-state index in [9.17, 15) is 9.90 Å². The van der Waals surface area contributed by atoms with Gasteiger partial charge in [-0.15, -0.1) is 0 Å². The van der Waals surface area contributed by atoms with Crippen molar-refractivity contribution in [3.8, 4) is 0 Å². The number of aliphatic hydroxyl groups is 1. The molecule has 35 heavy (non-hydrogen) atoms. The van der Waals surface area contributed by atoms with Crippen molar-refractivity contribution in [1.29, 1.82) is 0 Å². The van der Waals surface area contributed by atoms with Crippen molar-refractivity contribution in [1.82, 2.24) is 5.32 Å². The van der Waals surface area contributed by atoms with Crippen LogP contribution in [0.3, 0.4) is 0 Å². The van der Waals surface area contributed by atoms with Gasteiger partial charge in [0.1, 0.15) is 6.54 Å². The van der Waals surface area contributed by atoms with Gasteiger partial charge in [-0.05, 0) is 32.1 Å². The number of nitrogens with zero attached hydrogens (tertiary/aromatic N) is 1. The molecule has 1 rings (SSSR count). The van der Waals surface area contributed by atoms with E-state index in [2.05, 4.69) is 68.8 Å². The van der Waals surface area contributed by atoms with E-state index in [4.69, 9.17) is 0 Å². The molecule has 1 atom stereocenters. The maximum atomic E-state index is 12.1. The Bertz CT molecular complexity index is 649. The van der Waals surface area contributed by atoms with Crippen LogP contribution in [0.15, 0.2) is 42.5 Å². The third kappa shape index (κ3) is 20.5. The Balaban J connectivity index is 0.0000116. The van der Waals surface area contributed by atoms with Gasteiger partial charge in [-0.1, -0.05) is 94.4 Å². The van der Waals surface area contributed by atoms with Gasteiger partial charge in [0.2, 0.25) is 5.91 Å². The van der Waals surface area contributed by atoms with Crippen molar-refractivity contribution >= 4 is 5.91 Å². The summed E-state index contributed by atoms with van der Waals surface area (Å²) in [6.45, 7) is 5.06. The lowest BCUT2D eigenvalue weighted by Gasteiger charge is -2.30. The van der Waals surface area contributed by atoms with Gasteiger partial charge in [-0.2, -0.15) is 0 Å². The van der Waals surface area contributed by atoms with Crippen molar-refractivity contribution in [3.05, 3.63) is 48.0 Å². The first kappa shape index (κ1) is 33.6. The Labute approximate surface area is 222 Å². The molecule has 0 saturated carbocycles. The molecule has 0 heterocycles. The van der Waals surface area contributed by atoms with E-state index >= 15 is 0 Å². The lowest BCUT2D eigenvalue weighted by Crippen LogP contribution is -3.00. The van der Waals surface area contributed by atoms with Crippen LogP contribution in [0.1, 0.15) is 102 Å². The number of unbranched alkanes of at least 4 members (excludes halogenated alkanes) is 8. The second-order valence-corrected chi connectivity index (χ2v) is 10.5. The van der Waals surface area contributed by atoms with Gasteiger partial charge < -0.3 is 27.3 Å². The van der Waals surface area contributed by atoms with Crippen molar-refractivity contribution in [3.63, 3.8) is 0 Å². The van der Waals surface area contributed by atoms with Gasteiger partial charge in [-0.3, -0.25) is 4.79 Å². The molecule has 1 aromatic carbocycles. The van der Waals surface area contributed by atoms with Crippen LogP contribution in [0, 0.1) is 0 Å². The number of nitrogens with one attached hydrogen (secondary N) is 1. The summed E-state index contributed by atoms with van der Waals surface area (Å²) in [5, 5.41) is 13.1. The number of benzene rings is 1. The van der Waals surface area contributed by atoms with Crippen molar-refractivity contribution in [2.75, 3.05) is 27.2 Å². The number of rotatable bonds is 21. The minimum absolute atomic E-state index is 0. The summed E-state index contributed by atoms with van der Waals surface area (Å²) in [5.74, 6) is 0.199. The fourth-order valence-corrected chi connectivity index (χ4v) is 4.35. The highest BCUT2D eigenvalue weighted by Crippen LogP contribution is 2.11. The SMILES string of the molecule is CCCCCCC(O)C/C=C\CCCCCCCC(=O)NCCC[N+](C)(C)Cc1ccccc1.[Cl-]. The van der Waals surface area contributed by atoms with E-state index in [-0.39, 0.29) is 24.4 Å². The second kappa shape index (κ2) is 21.9. The van der Waals surface area contributed by atoms with Crippen LogP contribution >= 0.6 is 0 Å². The fraction of sp³-hybridized carbons (Fsp3) is 0.700. The molecule has 0 saturated heterocycles. The molecule has 0 radical (unpaired) electrons. The maximum absolute atomic E-state index is 12.1. The first-order chi connectivity index (χ1) is 16.4. The molecular formula is C30H53ClN2O2. The van der Waals surface area contributed by atoms with Crippen LogP contribution in [0.2, 0.25) is 0 Å². The van der Waals surface area contributed by atoms with Crippen molar-refractivity contribution < 1.29 is 26.8 Å². The van der Waals surface area contributed by atoms with Gasteiger partial charge in [0.05, 0.1) is 26.7 Å². The Hall–Kier alpha value is -1.36. The van der Waals surface area contributed by atoms with Crippen LogP contribution in [-0.4, -0.2) is 48.8 Å². The summed E-state index contributed by atoms with van der Waals surface area (Å²) in [5.41, 5.74) is 1.36. The number of quaternary nitrogens is 1. The monoisotopic (exact) mass is 508 g/mol. The highest BCUT2D eigenvalue weighted by atomic mass is 35.5. The summed E-state index contributed by atoms with van der Waals surface area (Å²) in [4.78, 5) is 12.1. The van der Waals surface area contributed by atoms with Crippen LogP contribution < -0.4 is 17.7 Å². The molecule has 1 unspecified atom stereocenters. The van der Waals surface area contributed by atoms with E-state index in [1.165, 1.54) is 44.1 Å². The molecule has 0 aliphatic carbocycles. The molecule has 4 nitrogen and oxygen atoms in total. The number of carbonyl (C=O) groups is 1. The zero-order valence-corrected chi connectivity index (χ0v) is 23.6. The molecule has 0 aliphatic heterocycles. The first-order valence-corrected chi connectivity index (χ1v) is 13.9. The summed E-state index contributed by atoms with van der Waals surface area (Å²) >= 11 is 0. The fourth-order valence-electron chi connectivity index (χ4n) is 4.35. The first-order valence-electron chi connectivity index (χ1n) is 13.9. The molecule has 0 fully saturated rings. The number of carbonyl (C=O) groups excluding carboxylic acids is 1. The minimum Gasteiger partial charge on any atom is -1.00 e. The molecule has 5 heteroatoms. The Morgan fingerprint density at radius 2 is 1.63 bits per heavy atom. The van der Waals surface area contributed by atoms with E-state index in [0.717, 1.165) is 69.1 Å². The molecule has 0 spiro atoms. The predicted molar refractivity (Wildman–Crippen MR) is 146 cm³/mol. The topological polar surface area (TPSA) is 49.3 Å². The van der Waals surface area contributed by atoms with E-state index in [0.29, 0.717) is 6.42 Å². The number of allylic oxidation sites excluding steroid dienone is 1. The molecular weight excluding hydrogens is 456 g/mol. The summed E-state index contributed by atoms with van der Waals surface area (Å²) in [7, 11) is 4.51. The average molecular weight is 509 g/mol. The standard InChI is InChI=1S/C30H52N2O2.ClH/c1-4-5-6-16-22-29(33)23-17-11-9-7-8-10-12-18-24-30(34)31-25-19-26-32(2,3)27-28-20-14-13-15-21-28;/h11,13-15,17,20-21,29,33H,4-10,12,16,18-19,22-27H2,1-3H3;1H/b17-11-;. The minimum atomic E-state index is -0.168. The lowest BCUT2D eigenvalue weighted by molar-refractivity contribution is -0.903. The zero-order valence-electron chi connectivity index (χ0n) is 22.8. The lowest BCUT2D eigenvalue weighted by atomic mass is 10.1. The van der Waals surface area contributed by atoms with Gasteiger partial charge in [0, 0.05) is 24.9 Å². The molecule has 0 aromatic heterocycles. The molecule has 0 bridgehead atoms. The molecule has 1 amide bonds. The quantitative estimate of drug-likeness (QED) is 0.151. The zero-order chi connectivity index (χ0) is 24.9. The van der Waals surface area contributed by atoms with Gasteiger partial charge in [-0.25, -0.2) is 0 Å². The molecule has 1 aromatic rings. The Morgan fingerprint density at radius 3 is 2.37 bits per heavy atom. The van der Waals surface area contributed by atoms with E-state index < -0.39 is 0 Å². The Kier molecular flexibility index (Phi) is 21.0. The van der Waals surface area contributed by atoms with Crippen molar-refractivity contribution in [2.45, 2.75) is 109 Å². The number of aliphatic hydroxyl groups excluding tert-OH is 1. The summed E-state index contributed by atoms with van der Waals surface area (Å²) < 4.78 is 0.939. The van der Waals surface area contributed by atoms with Crippen LogP contribution in [-0.2, 0) is 11.3 Å². The summed E-state index contributed by atoms with van der Waals surface area (Å²) in [6, 6.07) is 10.6. The molecule has 0 aliphatic rings. The van der Waals surface area contributed by atoms with Crippen LogP contribution in [0.5, 0.6) is 0 Å². The second-order valence-electron chi connectivity index (χ2n) is 10.5. The molecule has 202 valence electrons. The number of hydrogen-bond acceptors (Lipinski definition) is 2. The highest BCUT2D eigenvalue weighted by molar-refractivity contribution is 5.75. The van der Waals surface area contributed by atoms with Gasteiger partial charge >= 0.3 is 0 Å². The normalized spacial score (nSPS) is 12.5. The van der Waals surface area contributed by atoms with Crippen LogP contribution in [0.4, 0.5) is 0 Å². The summed E-state index contributed by atoms with van der Waals surface area (Å²) in [6.07, 6.45) is 19.4. The van der Waals surface area contributed by atoms with E-state index in [1.807, 2.05) is 0 Å². The van der Waals surface area contributed by atoms with Crippen molar-refractivity contribution in [2.24, 2.45) is 0 Å². The maximum Gasteiger partial charge on any atom is 0.219 e. The smallest absolute Gasteiger partial charge is 0.219 e. The van der Waals surface area contributed by atoms with E-state index in [1.54, 1.807) is 0 Å². The number of amides is 1. The third-order valence-corrected chi connectivity index (χ3v) is 6.46. The third-order valence-electron chi connectivity index (χ3n) is 6.46. The highest BCUT2D eigenvalue weighted by Gasteiger charge is 2.15. The predicted octanol–water partition coefficient (Wildman–Crippen LogP) is 3.78. The number of hydrogen-bond donors (Lipinski definition) is 2. The average Bonchev–Trinajstić information content (AvgIpc) is 2.81. The Morgan fingerprint density at radius 1 is 0.943 bits per heavy atom. The molecule has 2 N–H and O–H groups in total. The largest absolute Gasteiger partial charge is 1.00 e. The van der Waals surface area contributed by atoms with Crippen LogP contribution in [0.25, 0.3) is 0 Å². The van der Waals surface area contributed by atoms with Gasteiger partial charge in [0.25, 0.3) is 0 Å².